The number of hydrogen-bond donors (Lipinski definition) is 2. The molecule has 1 aromatic carbocycles. The van der Waals surface area contributed by atoms with Gasteiger partial charge in [-0.1, -0.05) is 0 Å². The predicted molar refractivity (Wildman–Crippen MR) is 91.3 cm³/mol. The second-order valence-corrected chi connectivity index (χ2v) is 5.99. The average molecular weight is 335 g/mol. The quantitative estimate of drug-likeness (QED) is 0.880. The number of methoxy groups -OCH3 is 2. The summed E-state index contributed by atoms with van der Waals surface area (Å²) >= 11 is 0. The molecular formula is C16H22FN5O2. The molecule has 1 fully saturated rings. The van der Waals surface area contributed by atoms with Crippen LogP contribution in [0.15, 0.2) is 6.07 Å². The molecule has 0 aliphatic carbocycles. The van der Waals surface area contributed by atoms with Crippen molar-refractivity contribution in [1.29, 1.82) is 0 Å². The molecule has 3 N–H and O–H groups in total. The van der Waals surface area contributed by atoms with Crippen molar-refractivity contribution in [2.45, 2.75) is 25.9 Å². The molecule has 130 valence electrons. The summed E-state index contributed by atoms with van der Waals surface area (Å²) in [7, 11) is 2.83. The van der Waals surface area contributed by atoms with Gasteiger partial charge in [0.2, 0.25) is 5.95 Å². The Morgan fingerprint density at radius 2 is 1.88 bits per heavy atom. The Hall–Kier alpha value is -2.35. The van der Waals surface area contributed by atoms with Crippen LogP contribution in [0, 0.1) is 5.82 Å². The summed E-state index contributed by atoms with van der Waals surface area (Å²) < 4.78 is 25.1. The largest absolute Gasteiger partial charge is 0.493 e. The highest BCUT2D eigenvalue weighted by atomic mass is 19.1. The zero-order valence-corrected chi connectivity index (χ0v) is 14.3. The molecule has 3 rings (SSSR count). The first-order chi connectivity index (χ1) is 11.5. The van der Waals surface area contributed by atoms with Crippen molar-refractivity contribution >= 4 is 22.7 Å². The maximum atomic E-state index is 14.9. The fraction of sp³-hybridized carbons (Fsp3) is 0.500. The smallest absolute Gasteiger partial charge is 0.228 e. The van der Waals surface area contributed by atoms with Crippen LogP contribution in [0.3, 0.4) is 0 Å². The third kappa shape index (κ3) is 2.56. The lowest BCUT2D eigenvalue weighted by molar-refractivity contribution is 0.339. The summed E-state index contributed by atoms with van der Waals surface area (Å²) in [6, 6.07) is 1.95. The normalized spacial score (nSPS) is 21.1. The van der Waals surface area contributed by atoms with Crippen LogP contribution in [0.25, 0.3) is 10.9 Å². The summed E-state index contributed by atoms with van der Waals surface area (Å²) in [6.07, 6.45) is 0. The van der Waals surface area contributed by atoms with Gasteiger partial charge in [-0.2, -0.15) is 4.98 Å². The van der Waals surface area contributed by atoms with E-state index in [0.717, 1.165) is 13.1 Å². The molecular weight excluding hydrogens is 313 g/mol. The number of ether oxygens (including phenoxy) is 2. The molecule has 2 atom stereocenters. The number of nitrogens with one attached hydrogen (secondary N) is 1. The monoisotopic (exact) mass is 335 g/mol. The van der Waals surface area contributed by atoms with E-state index in [4.69, 9.17) is 15.2 Å². The molecule has 1 aromatic heterocycles. The standard InChI is InChI=1S/C16H22FN5O2/c1-8-6-19-7-9(2)22(8)16-20-13-10(15(18)21-16)5-11(23-3)14(24-4)12(13)17/h5,8-9,19H,6-7H2,1-4H3,(H2,18,20,21)/t8-,9+. The number of rotatable bonds is 3. The van der Waals surface area contributed by atoms with Gasteiger partial charge in [-0.15, -0.1) is 0 Å². The van der Waals surface area contributed by atoms with Crippen LogP contribution in [0.1, 0.15) is 13.8 Å². The summed E-state index contributed by atoms with van der Waals surface area (Å²) in [4.78, 5) is 10.9. The lowest BCUT2D eigenvalue weighted by Gasteiger charge is -2.39. The minimum Gasteiger partial charge on any atom is -0.493 e. The minimum absolute atomic E-state index is 0.00968. The summed E-state index contributed by atoms with van der Waals surface area (Å²) in [5, 5.41) is 3.75. The lowest BCUT2D eigenvalue weighted by atomic mass is 10.1. The Morgan fingerprint density at radius 3 is 2.46 bits per heavy atom. The third-order valence-corrected chi connectivity index (χ3v) is 4.35. The van der Waals surface area contributed by atoms with Crippen LogP contribution in [-0.2, 0) is 0 Å². The van der Waals surface area contributed by atoms with Crippen LogP contribution < -0.4 is 25.4 Å². The van der Waals surface area contributed by atoms with Crippen molar-refractivity contribution in [1.82, 2.24) is 15.3 Å². The number of piperazine rings is 1. The van der Waals surface area contributed by atoms with Gasteiger partial charge in [0.1, 0.15) is 11.3 Å². The molecule has 1 aliphatic rings. The highest BCUT2D eigenvalue weighted by Gasteiger charge is 2.28. The summed E-state index contributed by atoms with van der Waals surface area (Å²) in [5.41, 5.74) is 6.21. The van der Waals surface area contributed by atoms with Gasteiger partial charge in [0.25, 0.3) is 0 Å². The second kappa shape index (κ2) is 6.27. The van der Waals surface area contributed by atoms with Gasteiger partial charge in [-0.05, 0) is 19.9 Å². The Balaban J connectivity index is 2.20. The predicted octanol–water partition coefficient (Wildman–Crippen LogP) is 1.55. The van der Waals surface area contributed by atoms with Crippen molar-refractivity contribution in [3.05, 3.63) is 11.9 Å². The van der Waals surface area contributed by atoms with E-state index >= 15 is 0 Å². The van der Waals surface area contributed by atoms with E-state index in [0.29, 0.717) is 11.3 Å². The van der Waals surface area contributed by atoms with Crippen molar-refractivity contribution < 1.29 is 13.9 Å². The Morgan fingerprint density at radius 1 is 1.21 bits per heavy atom. The van der Waals surface area contributed by atoms with Gasteiger partial charge >= 0.3 is 0 Å². The van der Waals surface area contributed by atoms with Crippen LogP contribution in [0.2, 0.25) is 0 Å². The van der Waals surface area contributed by atoms with Crippen LogP contribution in [0.4, 0.5) is 16.2 Å². The maximum Gasteiger partial charge on any atom is 0.228 e. The number of benzene rings is 1. The molecule has 24 heavy (non-hydrogen) atoms. The van der Waals surface area contributed by atoms with E-state index in [-0.39, 0.29) is 34.9 Å². The Labute approximate surface area is 140 Å². The van der Waals surface area contributed by atoms with Gasteiger partial charge in [-0.25, -0.2) is 9.37 Å². The average Bonchev–Trinajstić information content (AvgIpc) is 2.55. The van der Waals surface area contributed by atoms with Gasteiger partial charge in [0.05, 0.1) is 14.2 Å². The minimum atomic E-state index is -0.599. The van der Waals surface area contributed by atoms with E-state index in [2.05, 4.69) is 34.0 Å². The van der Waals surface area contributed by atoms with Gasteiger partial charge in [0, 0.05) is 30.6 Å². The molecule has 1 saturated heterocycles. The highest BCUT2D eigenvalue weighted by molar-refractivity contribution is 5.92. The summed E-state index contributed by atoms with van der Waals surface area (Å²) in [6.45, 7) is 5.74. The van der Waals surface area contributed by atoms with E-state index in [9.17, 15) is 4.39 Å². The fourth-order valence-electron chi connectivity index (χ4n) is 3.18. The number of nitrogen functional groups attached to an aromatic ring is 1. The van der Waals surface area contributed by atoms with Crippen molar-refractivity contribution in [3.8, 4) is 11.5 Å². The molecule has 2 aromatic rings. The number of nitrogens with zero attached hydrogens (tertiary/aromatic N) is 3. The van der Waals surface area contributed by atoms with E-state index in [1.165, 1.54) is 14.2 Å². The van der Waals surface area contributed by atoms with Crippen LogP contribution in [-0.4, -0.2) is 49.4 Å². The van der Waals surface area contributed by atoms with Gasteiger partial charge < -0.3 is 25.4 Å². The molecule has 0 spiro atoms. The molecule has 0 bridgehead atoms. The first kappa shape index (κ1) is 16.5. The molecule has 0 saturated carbocycles. The fourth-order valence-corrected chi connectivity index (χ4v) is 3.18. The Kier molecular flexibility index (Phi) is 4.31. The topological polar surface area (TPSA) is 85.5 Å². The van der Waals surface area contributed by atoms with Crippen molar-refractivity contribution in [2.75, 3.05) is 37.9 Å². The highest BCUT2D eigenvalue weighted by Crippen LogP contribution is 2.37. The number of hydrogen-bond acceptors (Lipinski definition) is 7. The first-order valence-electron chi connectivity index (χ1n) is 7.84. The SMILES string of the molecule is COc1cc2c(N)nc(N3[C@H](C)CNC[C@@H]3C)nc2c(F)c1OC. The van der Waals surface area contributed by atoms with Crippen LogP contribution in [0.5, 0.6) is 11.5 Å². The third-order valence-electron chi connectivity index (χ3n) is 4.35. The van der Waals surface area contributed by atoms with Gasteiger partial charge in [-0.3, -0.25) is 0 Å². The lowest BCUT2D eigenvalue weighted by Crippen LogP contribution is -2.55. The Bertz CT molecular complexity index is 760. The number of nitrogens with two attached hydrogens (primary N) is 1. The molecule has 1 aliphatic heterocycles. The second-order valence-electron chi connectivity index (χ2n) is 5.99. The van der Waals surface area contributed by atoms with Crippen LogP contribution >= 0.6 is 0 Å². The summed E-state index contributed by atoms with van der Waals surface area (Å²) in [5.74, 6) is 0.308. The zero-order chi connectivity index (χ0) is 17.4. The molecule has 7 nitrogen and oxygen atoms in total. The number of halogens is 1. The molecule has 8 heteroatoms. The molecule has 0 radical (unpaired) electrons. The van der Waals surface area contributed by atoms with E-state index in [1.807, 2.05) is 0 Å². The number of aromatic nitrogens is 2. The molecule has 0 unspecified atom stereocenters. The van der Waals surface area contributed by atoms with Crippen molar-refractivity contribution in [2.24, 2.45) is 0 Å². The molecule has 0 amide bonds. The van der Waals surface area contributed by atoms with Gasteiger partial charge in [0.15, 0.2) is 17.3 Å². The van der Waals surface area contributed by atoms with Crippen molar-refractivity contribution in [3.63, 3.8) is 0 Å². The maximum absolute atomic E-state index is 14.9. The molecule has 2 heterocycles. The van der Waals surface area contributed by atoms with E-state index < -0.39 is 5.82 Å². The zero-order valence-electron chi connectivity index (χ0n) is 14.3. The number of fused-ring (bicyclic) bond motifs is 1. The first-order valence-corrected chi connectivity index (χ1v) is 7.84. The number of anilines is 2. The van der Waals surface area contributed by atoms with E-state index in [1.54, 1.807) is 6.07 Å².